The van der Waals surface area contributed by atoms with Gasteiger partial charge in [-0.25, -0.2) is 4.98 Å². The van der Waals surface area contributed by atoms with Crippen molar-refractivity contribution in [3.05, 3.63) is 58.4 Å². The molecule has 0 saturated carbocycles. The lowest BCUT2D eigenvalue weighted by Crippen LogP contribution is -1.99. The lowest BCUT2D eigenvalue weighted by atomic mass is 10.1. The van der Waals surface area contributed by atoms with Gasteiger partial charge in [0.05, 0.1) is 0 Å². The van der Waals surface area contributed by atoms with E-state index < -0.39 is 0 Å². The third kappa shape index (κ3) is 2.25. The molecule has 2 nitrogen and oxygen atoms in total. The quantitative estimate of drug-likeness (QED) is 0.681. The Morgan fingerprint density at radius 1 is 1.10 bits per heavy atom. The Bertz CT molecular complexity index is 834. The van der Waals surface area contributed by atoms with Crippen LogP contribution in [-0.2, 0) is 6.42 Å². The van der Waals surface area contributed by atoms with Crippen molar-refractivity contribution in [2.24, 2.45) is 0 Å². The average Bonchev–Trinajstić information content (AvgIpc) is 2.46. The highest BCUT2D eigenvalue weighted by Crippen LogP contribution is 2.23. The van der Waals surface area contributed by atoms with E-state index in [0.29, 0.717) is 4.64 Å². The standard InChI is InChI=1S/C17H16N2S/c1-3-15-11(2)18-16(19-17(15)20)14-9-8-12-6-4-5-7-13(12)10-14/h4-10H,3H2,1-2H3,(H,18,19,20). The molecule has 0 aliphatic rings. The molecule has 0 amide bonds. The molecule has 20 heavy (non-hydrogen) atoms. The summed E-state index contributed by atoms with van der Waals surface area (Å²) in [5.41, 5.74) is 3.31. The fraction of sp³-hybridized carbons (Fsp3) is 0.176. The van der Waals surface area contributed by atoms with E-state index in [4.69, 9.17) is 12.2 Å². The predicted molar refractivity (Wildman–Crippen MR) is 86.5 cm³/mol. The maximum Gasteiger partial charge on any atom is 0.139 e. The second-order valence-corrected chi connectivity index (χ2v) is 5.30. The molecule has 3 heteroatoms. The summed E-state index contributed by atoms with van der Waals surface area (Å²) in [7, 11) is 0. The van der Waals surface area contributed by atoms with Gasteiger partial charge in [0.15, 0.2) is 0 Å². The Morgan fingerprint density at radius 2 is 1.85 bits per heavy atom. The molecule has 1 heterocycles. The first-order valence-electron chi connectivity index (χ1n) is 6.78. The lowest BCUT2D eigenvalue weighted by molar-refractivity contribution is 0.990. The SMILES string of the molecule is CCc1c(C)[nH]c(-c2ccc3ccccc3c2)nc1=S. The molecule has 100 valence electrons. The maximum atomic E-state index is 5.39. The summed E-state index contributed by atoms with van der Waals surface area (Å²) in [5, 5.41) is 2.44. The van der Waals surface area contributed by atoms with E-state index in [2.05, 4.69) is 54.1 Å². The predicted octanol–water partition coefficient (Wildman–Crippen LogP) is 4.83. The maximum absolute atomic E-state index is 5.39. The highest BCUT2D eigenvalue weighted by molar-refractivity contribution is 7.71. The lowest BCUT2D eigenvalue weighted by Gasteiger charge is -2.08. The number of H-pyrrole nitrogens is 1. The monoisotopic (exact) mass is 280 g/mol. The van der Waals surface area contributed by atoms with Crippen molar-refractivity contribution in [1.29, 1.82) is 0 Å². The van der Waals surface area contributed by atoms with Crippen LogP contribution in [0.1, 0.15) is 18.2 Å². The zero-order valence-electron chi connectivity index (χ0n) is 11.6. The smallest absolute Gasteiger partial charge is 0.139 e. The Kier molecular flexibility index (Phi) is 3.36. The number of rotatable bonds is 2. The summed E-state index contributed by atoms with van der Waals surface area (Å²) in [5.74, 6) is 0.843. The van der Waals surface area contributed by atoms with Gasteiger partial charge in [0.1, 0.15) is 10.5 Å². The Labute approximate surface area is 123 Å². The molecule has 0 atom stereocenters. The summed E-state index contributed by atoms with van der Waals surface area (Å²) in [4.78, 5) is 7.91. The van der Waals surface area contributed by atoms with Crippen LogP contribution in [0.4, 0.5) is 0 Å². The summed E-state index contributed by atoms with van der Waals surface area (Å²) < 4.78 is 0.701. The van der Waals surface area contributed by atoms with E-state index in [-0.39, 0.29) is 0 Å². The minimum atomic E-state index is 0.701. The van der Waals surface area contributed by atoms with Crippen LogP contribution in [0.5, 0.6) is 0 Å². The molecular weight excluding hydrogens is 264 g/mol. The summed E-state index contributed by atoms with van der Waals surface area (Å²) in [6.07, 6.45) is 0.909. The molecule has 0 bridgehead atoms. The minimum Gasteiger partial charge on any atom is -0.343 e. The first-order valence-corrected chi connectivity index (χ1v) is 7.19. The van der Waals surface area contributed by atoms with E-state index in [9.17, 15) is 0 Å². The van der Waals surface area contributed by atoms with Crippen LogP contribution in [0.15, 0.2) is 42.5 Å². The van der Waals surface area contributed by atoms with Crippen molar-refractivity contribution in [3.8, 4) is 11.4 Å². The highest BCUT2D eigenvalue weighted by Gasteiger charge is 2.06. The molecule has 2 aromatic carbocycles. The number of aromatic nitrogens is 2. The summed E-state index contributed by atoms with van der Waals surface area (Å²) >= 11 is 5.39. The minimum absolute atomic E-state index is 0.701. The average molecular weight is 280 g/mol. The van der Waals surface area contributed by atoms with E-state index >= 15 is 0 Å². The van der Waals surface area contributed by atoms with Gasteiger partial charge in [-0.3, -0.25) is 0 Å². The molecule has 1 N–H and O–H groups in total. The van der Waals surface area contributed by atoms with Crippen LogP contribution in [-0.4, -0.2) is 9.97 Å². The zero-order chi connectivity index (χ0) is 14.1. The van der Waals surface area contributed by atoms with Crippen molar-refractivity contribution in [2.75, 3.05) is 0 Å². The Balaban J connectivity index is 2.18. The first-order chi connectivity index (χ1) is 9.69. The van der Waals surface area contributed by atoms with Gasteiger partial charge in [-0.15, -0.1) is 0 Å². The Morgan fingerprint density at radius 3 is 2.55 bits per heavy atom. The number of aryl methyl sites for hydroxylation is 1. The van der Waals surface area contributed by atoms with Gasteiger partial charge in [0.25, 0.3) is 0 Å². The molecule has 0 radical (unpaired) electrons. The van der Waals surface area contributed by atoms with Crippen molar-refractivity contribution in [2.45, 2.75) is 20.3 Å². The van der Waals surface area contributed by atoms with Gasteiger partial charge in [0, 0.05) is 16.8 Å². The molecule has 3 aromatic rings. The Hall–Kier alpha value is -2.00. The molecule has 0 aliphatic heterocycles. The van der Waals surface area contributed by atoms with E-state index in [1.807, 2.05) is 12.1 Å². The molecule has 0 spiro atoms. The number of nitrogens with zero attached hydrogens (tertiary/aromatic N) is 1. The van der Waals surface area contributed by atoms with Gasteiger partial charge in [-0.05, 0) is 30.2 Å². The number of hydrogen-bond acceptors (Lipinski definition) is 2. The summed E-state index contributed by atoms with van der Waals surface area (Å²) in [6, 6.07) is 14.7. The van der Waals surface area contributed by atoms with Crippen LogP contribution in [0.2, 0.25) is 0 Å². The van der Waals surface area contributed by atoms with E-state index in [0.717, 1.165) is 29.1 Å². The number of aromatic amines is 1. The van der Waals surface area contributed by atoms with Gasteiger partial charge in [-0.2, -0.15) is 0 Å². The molecule has 3 rings (SSSR count). The fourth-order valence-corrected chi connectivity index (χ4v) is 2.89. The van der Waals surface area contributed by atoms with E-state index in [1.165, 1.54) is 10.8 Å². The number of hydrogen-bond donors (Lipinski definition) is 1. The van der Waals surface area contributed by atoms with Crippen molar-refractivity contribution in [1.82, 2.24) is 9.97 Å². The number of nitrogens with one attached hydrogen (secondary N) is 1. The van der Waals surface area contributed by atoms with Crippen LogP contribution in [0, 0.1) is 11.6 Å². The molecule has 1 aromatic heterocycles. The number of benzene rings is 2. The van der Waals surface area contributed by atoms with Gasteiger partial charge in [-0.1, -0.05) is 55.5 Å². The topological polar surface area (TPSA) is 28.7 Å². The van der Waals surface area contributed by atoms with Crippen LogP contribution < -0.4 is 0 Å². The van der Waals surface area contributed by atoms with Crippen molar-refractivity contribution in [3.63, 3.8) is 0 Å². The molecule has 0 fully saturated rings. The van der Waals surface area contributed by atoms with Crippen LogP contribution in [0.3, 0.4) is 0 Å². The molecule has 0 aliphatic carbocycles. The second kappa shape index (κ2) is 5.17. The van der Waals surface area contributed by atoms with Crippen LogP contribution >= 0.6 is 12.2 Å². The van der Waals surface area contributed by atoms with Gasteiger partial charge >= 0.3 is 0 Å². The molecule has 0 unspecified atom stereocenters. The highest BCUT2D eigenvalue weighted by atomic mass is 32.1. The van der Waals surface area contributed by atoms with Gasteiger partial charge < -0.3 is 4.98 Å². The third-order valence-corrected chi connectivity index (χ3v) is 3.94. The molecule has 0 saturated heterocycles. The normalized spacial score (nSPS) is 10.9. The largest absolute Gasteiger partial charge is 0.343 e. The van der Waals surface area contributed by atoms with Crippen molar-refractivity contribution < 1.29 is 0 Å². The van der Waals surface area contributed by atoms with Crippen LogP contribution in [0.25, 0.3) is 22.2 Å². The first kappa shape index (κ1) is 13.0. The number of fused-ring (bicyclic) bond motifs is 1. The summed E-state index contributed by atoms with van der Waals surface area (Å²) in [6.45, 7) is 4.16. The fourth-order valence-electron chi connectivity index (χ4n) is 2.50. The van der Waals surface area contributed by atoms with E-state index in [1.54, 1.807) is 0 Å². The molecular formula is C17H16N2S. The van der Waals surface area contributed by atoms with Gasteiger partial charge in [0.2, 0.25) is 0 Å². The zero-order valence-corrected chi connectivity index (χ0v) is 12.4. The van der Waals surface area contributed by atoms with Crippen molar-refractivity contribution >= 4 is 23.0 Å². The second-order valence-electron chi connectivity index (χ2n) is 4.91. The third-order valence-electron chi connectivity index (χ3n) is 3.61.